The van der Waals surface area contributed by atoms with Gasteiger partial charge >= 0.3 is 0 Å². The SMILES string of the molecule is CCC(C)NC(=O)c1ccc(NCC(=O)Nc2ccc(NC(C)=O)cc2)cc1. The summed E-state index contributed by atoms with van der Waals surface area (Å²) in [6, 6.07) is 14.0. The second-order valence-corrected chi connectivity index (χ2v) is 6.52. The van der Waals surface area contributed by atoms with E-state index in [-0.39, 0.29) is 30.3 Å². The van der Waals surface area contributed by atoms with E-state index >= 15 is 0 Å². The molecule has 148 valence electrons. The zero-order chi connectivity index (χ0) is 20.5. The summed E-state index contributed by atoms with van der Waals surface area (Å²) in [5.41, 5.74) is 2.63. The maximum Gasteiger partial charge on any atom is 0.251 e. The molecule has 0 saturated carbocycles. The predicted octanol–water partition coefficient (Wildman–Crippen LogP) is 3.22. The molecule has 2 rings (SSSR count). The third kappa shape index (κ3) is 6.75. The van der Waals surface area contributed by atoms with Gasteiger partial charge in [0.25, 0.3) is 5.91 Å². The Bertz CT molecular complexity index is 817. The lowest BCUT2D eigenvalue weighted by atomic mass is 10.1. The molecule has 0 fully saturated rings. The number of carbonyl (C=O) groups is 3. The molecule has 4 N–H and O–H groups in total. The summed E-state index contributed by atoms with van der Waals surface area (Å²) in [6.07, 6.45) is 0.871. The van der Waals surface area contributed by atoms with Gasteiger partial charge in [0, 0.05) is 35.6 Å². The van der Waals surface area contributed by atoms with Crippen LogP contribution in [0.5, 0.6) is 0 Å². The first kappa shape index (κ1) is 21.0. The van der Waals surface area contributed by atoms with Gasteiger partial charge in [0.1, 0.15) is 0 Å². The predicted molar refractivity (Wildman–Crippen MR) is 112 cm³/mol. The molecular formula is C21H26N4O3. The van der Waals surface area contributed by atoms with E-state index < -0.39 is 0 Å². The van der Waals surface area contributed by atoms with E-state index in [1.54, 1.807) is 48.5 Å². The van der Waals surface area contributed by atoms with Crippen molar-refractivity contribution < 1.29 is 14.4 Å². The van der Waals surface area contributed by atoms with Crippen LogP contribution in [0.3, 0.4) is 0 Å². The van der Waals surface area contributed by atoms with Crippen LogP contribution in [0.2, 0.25) is 0 Å². The maximum absolute atomic E-state index is 12.1. The number of nitrogens with one attached hydrogen (secondary N) is 4. The quantitative estimate of drug-likeness (QED) is 0.563. The highest BCUT2D eigenvalue weighted by Gasteiger charge is 2.08. The molecule has 1 atom stereocenters. The molecule has 0 aromatic heterocycles. The van der Waals surface area contributed by atoms with E-state index in [0.717, 1.165) is 12.1 Å². The molecule has 2 aromatic carbocycles. The van der Waals surface area contributed by atoms with Crippen molar-refractivity contribution in [1.82, 2.24) is 5.32 Å². The van der Waals surface area contributed by atoms with Crippen molar-refractivity contribution in [2.45, 2.75) is 33.2 Å². The number of hydrogen-bond donors (Lipinski definition) is 4. The van der Waals surface area contributed by atoms with Gasteiger partial charge in [0.15, 0.2) is 0 Å². The molecule has 2 aromatic rings. The molecule has 0 bridgehead atoms. The van der Waals surface area contributed by atoms with Gasteiger partial charge in [-0.05, 0) is 61.9 Å². The van der Waals surface area contributed by atoms with Gasteiger partial charge in [0.05, 0.1) is 6.54 Å². The fourth-order valence-corrected chi connectivity index (χ4v) is 2.38. The van der Waals surface area contributed by atoms with Crippen LogP contribution >= 0.6 is 0 Å². The second-order valence-electron chi connectivity index (χ2n) is 6.52. The van der Waals surface area contributed by atoms with Crippen LogP contribution in [0.1, 0.15) is 37.6 Å². The molecule has 0 heterocycles. The summed E-state index contributed by atoms with van der Waals surface area (Å²) in [7, 11) is 0. The Hall–Kier alpha value is -3.35. The maximum atomic E-state index is 12.1. The summed E-state index contributed by atoms with van der Waals surface area (Å²) < 4.78 is 0. The lowest BCUT2D eigenvalue weighted by Gasteiger charge is -2.12. The summed E-state index contributed by atoms with van der Waals surface area (Å²) in [4.78, 5) is 35.1. The molecule has 7 heteroatoms. The van der Waals surface area contributed by atoms with E-state index in [2.05, 4.69) is 21.3 Å². The third-order valence-corrected chi connectivity index (χ3v) is 4.08. The Kier molecular flexibility index (Phi) is 7.56. The molecule has 1 unspecified atom stereocenters. The Labute approximate surface area is 164 Å². The second kappa shape index (κ2) is 10.1. The first-order valence-electron chi connectivity index (χ1n) is 9.19. The van der Waals surface area contributed by atoms with E-state index in [1.807, 2.05) is 13.8 Å². The van der Waals surface area contributed by atoms with Crippen molar-refractivity contribution in [2.75, 3.05) is 22.5 Å². The molecule has 7 nitrogen and oxygen atoms in total. The minimum atomic E-state index is -0.203. The smallest absolute Gasteiger partial charge is 0.251 e. The minimum Gasteiger partial charge on any atom is -0.376 e. The summed E-state index contributed by atoms with van der Waals surface area (Å²) in [6.45, 7) is 5.50. The largest absolute Gasteiger partial charge is 0.376 e. The van der Waals surface area contributed by atoms with E-state index in [4.69, 9.17) is 0 Å². The molecule has 3 amide bonds. The van der Waals surface area contributed by atoms with Gasteiger partial charge in [0.2, 0.25) is 11.8 Å². The fraction of sp³-hybridized carbons (Fsp3) is 0.286. The van der Waals surface area contributed by atoms with Crippen LogP contribution in [-0.2, 0) is 9.59 Å². The van der Waals surface area contributed by atoms with Gasteiger partial charge in [-0.25, -0.2) is 0 Å². The van der Waals surface area contributed by atoms with Crippen molar-refractivity contribution in [1.29, 1.82) is 0 Å². The van der Waals surface area contributed by atoms with E-state index in [0.29, 0.717) is 16.9 Å². The average Bonchev–Trinajstić information content (AvgIpc) is 2.67. The summed E-state index contributed by atoms with van der Waals surface area (Å²) >= 11 is 0. The van der Waals surface area contributed by atoms with Crippen molar-refractivity contribution >= 4 is 34.8 Å². The van der Waals surface area contributed by atoms with Crippen LogP contribution < -0.4 is 21.3 Å². The highest BCUT2D eigenvalue weighted by molar-refractivity contribution is 5.96. The number of amides is 3. The number of rotatable bonds is 8. The fourth-order valence-electron chi connectivity index (χ4n) is 2.38. The van der Waals surface area contributed by atoms with Crippen LogP contribution in [-0.4, -0.2) is 30.3 Å². The van der Waals surface area contributed by atoms with Crippen LogP contribution in [0.4, 0.5) is 17.1 Å². The topological polar surface area (TPSA) is 99.3 Å². The normalized spacial score (nSPS) is 11.2. The molecule has 28 heavy (non-hydrogen) atoms. The number of benzene rings is 2. The minimum absolute atomic E-state index is 0.0891. The van der Waals surface area contributed by atoms with Gasteiger partial charge < -0.3 is 21.3 Å². The molecule has 0 radical (unpaired) electrons. The number of hydrogen-bond acceptors (Lipinski definition) is 4. The molecule has 0 spiro atoms. The summed E-state index contributed by atoms with van der Waals surface area (Å²) in [5.74, 6) is -0.461. The van der Waals surface area contributed by atoms with Crippen LogP contribution in [0.25, 0.3) is 0 Å². The molecular weight excluding hydrogens is 356 g/mol. The summed E-state index contributed by atoms with van der Waals surface area (Å²) in [5, 5.41) is 11.4. The monoisotopic (exact) mass is 382 g/mol. The molecule has 0 aliphatic carbocycles. The molecule has 0 aliphatic rings. The Morgan fingerprint density at radius 2 is 1.39 bits per heavy atom. The molecule has 0 saturated heterocycles. The van der Waals surface area contributed by atoms with Crippen molar-refractivity contribution in [3.63, 3.8) is 0 Å². The van der Waals surface area contributed by atoms with Gasteiger partial charge in [-0.3, -0.25) is 14.4 Å². The zero-order valence-electron chi connectivity index (χ0n) is 16.3. The van der Waals surface area contributed by atoms with Crippen molar-refractivity contribution in [2.24, 2.45) is 0 Å². The Balaban J connectivity index is 1.82. The Morgan fingerprint density at radius 3 is 1.93 bits per heavy atom. The number of anilines is 3. The van der Waals surface area contributed by atoms with E-state index in [9.17, 15) is 14.4 Å². The first-order chi connectivity index (χ1) is 13.4. The number of carbonyl (C=O) groups excluding carboxylic acids is 3. The van der Waals surface area contributed by atoms with E-state index in [1.165, 1.54) is 6.92 Å². The van der Waals surface area contributed by atoms with Crippen molar-refractivity contribution in [3.8, 4) is 0 Å². The van der Waals surface area contributed by atoms with Crippen LogP contribution in [0, 0.1) is 0 Å². The molecule has 0 aliphatic heterocycles. The van der Waals surface area contributed by atoms with Gasteiger partial charge in [-0.2, -0.15) is 0 Å². The lowest BCUT2D eigenvalue weighted by molar-refractivity contribution is -0.115. The standard InChI is InChI=1S/C21H26N4O3/c1-4-14(2)23-21(28)16-5-7-17(8-6-16)22-13-20(27)25-19-11-9-18(10-12-19)24-15(3)26/h5-12,14,22H,4,13H2,1-3H3,(H,23,28)(H,24,26)(H,25,27). The highest BCUT2D eigenvalue weighted by atomic mass is 16.2. The van der Waals surface area contributed by atoms with Gasteiger partial charge in [-0.15, -0.1) is 0 Å². The van der Waals surface area contributed by atoms with Crippen LogP contribution in [0.15, 0.2) is 48.5 Å². The highest BCUT2D eigenvalue weighted by Crippen LogP contribution is 2.14. The van der Waals surface area contributed by atoms with Gasteiger partial charge in [-0.1, -0.05) is 6.92 Å². The average molecular weight is 382 g/mol. The Morgan fingerprint density at radius 1 is 0.857 bits per heavy atom. The third-order valence-electron chi connectivity index (χ3n) is 4.08. The van der Waals surface area contributed by atoms with Crippen molar-refractivity contribution in [3.05, 3.63) is 54.1 Å². The zero-order valence-corrected chi connectivity index (χ0v) is 16.3. The first-order valence-corrected chi connectivity index (χ1v) is 9.19. The lowest BCUT2D eigenvalue weighted by Crippen LogP contribution is -2.31.